The van der Waals surface area contributed by atoms with E-state index in [1.54, 1.807) is 60.6 Å². The lowest BCUT2D eigenvalue weighted by atomic mass is 10.2. The van der Waals surface area contributed by atoms with E-state index >= 15 is 0 Å². The van der Waals surface area contributed by atoms with Crippen molar-refractivity contribution >= 4 is 38.1 Å². The molecular formula is C33H41N3O11S2. The van der Waals surface area contributed by atoms with E-state index in [-0.39, 0.29) is 36.0 Å². The Labute approximate surface area is 286 Å². The van der Waals surface area contributed by atoms with Crippen molar-refractivity contribution < 1.29 is 49.7 Å². The van der Waals surface area contributed by atoms with Gasteiger partial charge in [0.2, 0.25) is 9.84 Å². The topological polar surface area (TPSA) is 190 Å². The zero-order valence-electron chi connectivity index (χ0n) is 28.3. The smallest absolute Gasteiger partial charge is 0.427 e. The standard InChI is InChI=1S/C33H41N3O11S2/c1-23-20-24(43-18-13-19-44-35-29(34)36(30(37)45-32(2,3)4)31(38)46-33(5,6)7)22-25(21-23)47-49(41,42)28-17-12-11-16-27(28)48(39,40)26-14-9-8-10-15-26/h8-12,14-17,20-22H,13,18-19H2,1-7H3,(H2,34,35). The number of ether oxygens (including phenoxy) is 3. The van der Waals surface area contributed by atoms with Gasteiger partial charge in [0.25, 0.3) is 5.96 Å². The van der Waals surface area contributed by atoms with Gasteiger partial charge in [-0.15, -0.1) is 4.90 Å². The Morgan fingerprint density at radius 1 is 0.755 bits per heavy atom. The third-order valence-corrected chi connectivity index (χ3v) is 9.14. The van der Waals surface area contributed by atoms with Gasteiger partial charge in [0.15, 0.2) is 0 Å². The van der Waals surface area contributed by atoms with E-state index in [4.69, 9.17) is 29.0 Å². The molecule has 266 valence electrons. The van der Waals surface area contributed by atoms with Crippen LogP contribution in [0.5, 0.6) is 11.5 Å². The first-order valence-corrected chi connectivity index (χ1v) is 17.9. The Morgan fingerprint density at radius 2 is 1.29 bits per heavy atom. The minimum absolute atomic E-state index is 0.0482. The molecule has 2 amide bonds. The molecule has 2 N–H and O–H groups in total. The second-order valence-electron chi connectivity index (χ2n) is 12.6. The summed E-state index contributed by atoms with van der Waals surface area (Å²) in [5.74, 6) is -0.441. The summed E-state index contributed by atoms with van der Waals surface area (Å²) in [5, 5.41) is 3.65. The molecule has 0 aromatic heterocycles. The molecule has 0 spiro atoms. The Morgan fingerprint density at radius 3 is 1.86 bits per heavy atom. The molecule has 0 fully saturated rings. The van der Waals surface area contributed by atoms with Crippen LogP contribution in [0.25, 0.3) is 0 Å². The highest BCUT2D eigenvalue weighted by Crippen LogP contribution is 2.31. The zero-order chi connectivity index (χ0) is 36.6. The number of nitrogens with zero attached hydrogens (tertiary/aromatic N) is 2. The van der Waals surface area contributed by atoms with Crippen molar-refractivity contribution in [1.82, 2.24) is 4.90 Å². The van der Waals surface area contributed by atoms with Crippen molar-refractivity contribution in [2.45, 2.75) is 80.8 Å². The minimum atomic E-state index is -4.60. The summed E-state index contributed by atoms with van der Waals surface area (Å²) in [5.41, 5.74) is 4.60. The number of benzene rings is 3. The maximum Gasteiger partial charge on any atom is 0.427 e. The number of imide groups is 1. The first-order valence-electron chi connectivity index (χ1n) is 15.0. The highest BCUT2D eigenvalue weighted by atomic mass is 32.2. The van der Waals surface area contributed by atoms with E-state index < -0.39 is 59.1 Å². The molecule has 0 saturated carbocycles. The van der Waals surface area contributed by atoms with Gasteiger partial charge < -0.3 is 29.0 Å². The fourth-order valence-electron chi connectivity index (χ4n) is 3.97. The number of guanidine groups is 1. The SMILES string of the molecule is Cc1cc(OCCCO/N=C(\N)N(C(=O)OC(C)(C)C)C(=O)OC(C)(C)C)cc(OS(=O)(=O)c2ccccc2S(=O)(=O)c2ccccc2)c1. The summed E-state index contributed by atoms with van der Waals surface area (Å²) >= 11 is 0. The van der Waals surface area contributed by atoms with Gasteiger partial charge >= 0.3 is 22.3 Å². The maximum atomic E-state index is 13.4. The average Bonchev–Trinajstić information content (AvgIpc) is 2.97. The van der Waals surface area contributed by atoms with E-state index in [0.717, 1.165) is 6.07 Å². The summed E-state index contributed by atoms with van der Waals surface area (Å²) in [6.45, 7) is 11.4. The molecule has 3 rings (SSSR count). The van der Waals surface area contributed by atoms with Crippen LogP contribution in [0, 0.1) is 6.92 Å². The van der Waals surface area contributed by atoms with Crippen molar-refractivity contribution in [2.75, 3.05) is 13.2 Å². The number of aryl methyl sites for hydroxylation is 1. The summed E-state index contributed by atoms with van der Waals surface area (Å²) < 4.78 is 74.8. The molecule has 16 heteroatoms. The normalized spacial score (nSPS) is 12.5. The van der Waals surface area contributed by atoms with Crippen LogP contribution in [-0.2, 0) is 34.3 Å². The van der Waals surface area contributed by atoms with Crippen LogP contribution in [0.2, 0.25) is 0 Å². The third kappa shape index (κ3) is 11.4. The number of sulfone groups is 1. The first-order chi connectivity index (χ1) is 22.7. The van der Waals surface area contributed by atoms with Crippen LogP contribution < -0.4 is 14.7 Å². The van der Waals surface area contributed by atoms with Gasteiger partial charge in [-0.05, 0) is 95.6 Å². The molecule has 0 atom stereocenters. The van der Waals surface area contributed by atoms with Gasteiger partial charge in [-0.3, -0.25) is 0 Å². The monoisotopic (exact) mass is 719 g/mol. The number of hydrogen-bond donors (Lipinski definition) is 1. The van der Waals surface area contributed by atoms with E-state index in [1.165, 1.54) is 54.6 Å². The van der Waals surface area contributed by atoms with E-state index in [9.17, 15) is 26.4 Å². The quantitative estimate of drug-likeness (QED) is 0.0827. The van der Waals surface area contributed by atoms with Crippen LogP contribution in [0.3, 0.4) is 0 Å². The lowest BCUT2D eigenvalue weighted by Gasteiger charge is -2.27. The highest BCUT2D eigenvalue weighted by molar-refractivity contribution is 7.93. The second kappa shape index (κ2) is 15.6. The zero-order valence-corrected chi connectivity index (χ0v) is 30.0. The number of oxime groups is 1. The fourth-order valence-corrected chi connectivity index (χ4v) is 6.96. The van der Waals surface area contributed by atoms with Gasteiger partial charge in [0.05, 0.1) is 16.4 Å². The Bertz CT molecular complexity index is 1850. The van der Waals surface area contributed by atoms with Crippen molar-refractivity contribution in [3.63, 3.8) is 0 Å². The molecule has 0 aliphatic rings. The summed E-state index contributed by atoms with van der Waals surface area (Å²) in [4.78, 5) is 29.9. The molecule has 14 nitrogen and oxygen atoms in total. The van der Waals surface area contributed by atoms with Crippen molar-refractivity contribution in [2.24, 2.45) is 10.9 Å². The van der Waals surface area contributed by atoms with Gasteiger partial charge in [-0.2, -0.15) is 8.42 Å². The molecular weight excluding hydrogens is 679 g/mol. The van der Waals surface area contributed by atoms with Gasteiger partial charge in [-0.1, -0.05) is 30.3 Å². The Kier molecular flexibility index (Phi) is 12.3. The molecule has 49 heavy (non-hydrogen) atoms. The molecule has 3 aromatic carbocycles. The number of carbonyl (C=O) groups excluding carboxylic acids is 2. The van der Waals surface area contributed by atoms with Crippen LogP contribution >= 0.6 is 0 Å². The van der Waals surface area contributed by atoms with Crippen molar-refractivity contribution in [1.29, 1.82) is 0 Å². The highest BCUT2D eigenvalue weighted by Gasteiger charge is 2.34. The van der Waals surface area contributed by atoms with E-state index in [2.05, 4.69) is 5.16 Å². The molecule has 0 aliphatic carbocycles. The van der Waals surface area contributed by atoms with Crippen LogP contribution in [0.4, 0.5) is 9.59 Å². The van der Waals surface area contributed by atoms with Crippen molar-refractivity contribution in [3.8, 4) is 11.5 Å². The Hall–Kier alpha value is -4.83. The number of nitrogens with two attached hydrogens (primary N) is 1. The fraction of sp³-hybridized carbons (Fsp3) is 0.364. The molecule has 0 saturated heterocycles. The maximum absolute atomic E-state index is 13.4. The van der Waals surface area contributed by atoms with E-state index in [0.29, 0.717) is 10.5 Å². The Balaban J connectivity index is 1.66. The number of amides is 2. The summed E-state index contributed by atoms with van der Waals surface area (Å²) in [6.07, 6.45) is -1.95. The molecule has 0 aliphatic heterocycles. The summed E-state index contributed by atoms with van der Waals surface area (Å²) in [7, 11) is -8.78. The van der Waals surface area contributed by atoms with Crippen LogP contribution in [0.1, 0.15) is 53.5 Å². The first kappa shape index (κ1) is 38.6. The lowest BCUT2D eigenvalue weighted by Crippen LogP contribution is -2.50. The third-order valence-electron chi connectivity index (χ3n) is 5.88. The number of rotatable bonds is 11. The molecule has 0 radical (unpaired) electrons. The van der Waals surface area contributed by atoms with Crippen LogP contribution in [-0.4, -0.2) is 64.3 Å². The number of carbonyl (C=O) groups is 2. The van der Waals surface area contributed by atoms with Gasteiger partial charge in [0, 0.05) is 12.5 Å². The summed E-state index contributed by atoms with van der Waals surface area (Å²) in [6, 6.07) is 17.1. The molecule has 0 unspecified atom stereocenters. The predicted octanol–water partition coefficient (Wildman–Crippen LogP) is 5.78. The molecule has 0 heterocycles. The van der Waals surface area contributed by atoms with Crippen LogP contribution in [0.15, 0.2) is 92.6 Å². The van der Waals surface area contributed by atoms with Gasteiger partial charge in [0.1, 0.15) is 34.2 Å². The van der Waals surface area contributed by atoms with Gasteiger partial charge in [-0.25, -0.2) is 18.0 Å². The lowest BCUT2D eigenvalue weighted by molar-refractivity contribution is 0.0132. The number of hydrogen-bond acceptors (Lipinski definition) is 12. The molecule has 0 bridgehead atoms. The second-order valence-corrected chi connectivity index (χ2v) is 16.0. The minimum Gasteiger partial charge on any atom is -0.493 e. The predicted molar refractivity (Wildman–Crippen MR) is 179 cm³/mol. The molecule has 3 aromatic rings. The average molecular weight is 720 g/mol. The van der Waals surface area contributed by atoms with Crippen molar-refractivity contribution in [3.05, 3.63) is 78.4 Å². The largest absolute Gasteiger partial charge is 0.493 e. The van der Waals surface area contributed by atoms with E-state index in [1.807, 2.05) is 0 Å².